The molecule has 6 nitrogen and oxygen atoms in total. The number of esters is 1. The SMILES string of the molecule is CCOC(=O)[C@]1(C)c2ccncc2C[C@H]2C(=O)N(C)C(=O)[C@H]21. The van der Waals surface area contributed by atoms with Gasteiger partial charge >= 0.3 is 5.97 Å². The number of likely N-dealkylation sites (tertiary alicyclic amines) is 1. The average Bonchev–Trinajstić information content (AvgIpc) is 2.73. The Morgan fingerprint density at radius 3 is 2.86 bits per heavy atom. The van der Waals surface area contributed by atoms with E-state index in [1.165, 1.54) is 7.05 Å². The van der Waals surface area contributed by atoms with Crippen molar-refractivity contribution >= 4 is 17.8 Å². The minimum atomic E-state index is -1.16. The molecule has 1 aromatic rings. The molecule has 6 heteroatoms. The zero-order valence-electron chi connectivity index (χ0n) is 12.8. The molecule has 3 rings (SSSR count). The van der Waals surface area contributed by atoms with Crippen LogP contribution in [0.2, 0.25) is 0 Å². The summed E-state index contributed by atoms with van der Waals surface area (Å²) in [6.07, 6.45) is 3.69. The highest BCUT2D eigenvalue weighted by Crippen LogP contribution is 2.49. The highest BCUT2D eigenvalue weighted by molar-refractivity contribution is 6.09. The minimum Gasteiger partial charge on any atom is -0.465 e. The van der Waals surface area contributed by atoms with E-state index in [9.17, 15) is 14.4 Å². The fourth-order valence-corrected chi connectivity index (χ4v) is 3.75. The molecule has 0 bridgehead atoms. The van der Waals surface area contributed by atoms with Crippen molar-refractivity contribution < 1.29 is 19.1 Å². The number of hydrogen-bond donors (Lipinski definition) is 0. The molecule has 0 saturated carbocycles. The topological polar surface area (TPSA) is 76.6 Å². The van der Waals surface area contributed by atoms with Gasteiger partial charge in [-0.1, -0.05) is 0 Å². The summed E-state index contributed by atoms with van der Waals surface area (Å²) in [5, 5.41) is 0. The van der Waals surface area contributed by atoms with Crippen molar-refractivity contribution in [1.82, 2.24) is 9.88 Å². The van der Waals surface area contributed by atoms with Gasteiger partial charge in [0.05, 0.1) is 18.4 Å². The number of carbonyl (C=O) groups excluding carboxylic acids is 3. The third kappa shape index (κ3) is 1.73. The van der Waals surface area contributed by atoms with Crippen molar-refractivity contribution in [3.63, 3.8) is 0 Å². The van der Waals surface area contributed by atoms with Crippen molar-refractivity contribution in [3.8, 4) is 0 Å². The van der Waals surface area contributed by atoms with Crippen LogP contribution in [0.3, 0.4) is 0 Å². The van der Waals surface area contributed by atoms with E-state index in [1.807, 2.05) is 0 Å². The van der Waals surface area contributed by atoms with E-state index in [0.717, 1.165) is 16.0 Å². The van der Waals surface area contributed by atoms with Crippen LogP contribution in [0.25, 0.3) is 0 Å². The third-order valence-electron chi connectivity index (χ3n) is 4.87. The second kappa shape index (κ2) is 4.90. The standard InChI is InChI=1S/C16H18N2O4/c1-4-22-15(21)16(2)11-5-6-17-8-9(11)7-10-12(16)14(20)18(3)13(10)19/h5-6,8,10,12H,4,7H2,1-3H3/t10-,12+,16-/m1/s1. The predicted molar refractivity (Wildman–Crippen MR) is 76.7 cm³/mol. The summed E-state index contributed by atoms with van der Waals surface area (Å²) in [5.74, 6) is -2.25. The molecule has 1 aliphatic carbocycles. The molecule has 2 amide bonds. The Balaban J connectivity index is 2.21. The number of aromatic nitrogens is 1. The van der Waals surface area contributed by atoms with Gasteiger partial charge in [0, 0.05) is 19.4 Å². The van der Waals surface area contributed by atoms with Crippen LogP contribution in [0.15, 0.2) is 18.5 Å². The number of rotatable bonds is 2. The monoisotopic (exact) mass is 302 g/mol. The fourth-order valence-electron chi connectivity index (χ4n) is 3.75. The number of ether oxygens (including phenoxy) is 1. The van der Waals surface area contributed by atoms with Gasteiger partial charge in [-0.15, -0.1) is 0 Å². The second-order valence-corrected chi connectivity index (χ2v) is 5.98. The zero-order chi connectivity index (χ0) is 16.1. The zero-order valence-corrected chi connectivity index (χ0v) is 12.8. The minimum absolute atomic E-state index is 0.226. The summed E-state index contributed by atoms with van der Waals surface area (Å²) >= 11 is 0. The lowest BCUT2D eigenvalue weighted by molar-refractivity contribution is -0.156. The first-order valence-electron chi connectivity index (χ1n) is 7.34. The Bertz CT molecular complexity index is 672. The van der Waals surface area contributed by atoms with Gasteiger partial charge in [-0.05, 0) is 37.5 Å². The van der Waals surface area contributed by atoms with Crippen LogP contribution < -0.4 is 0 Å². The first-order chi connectivity index (χ1) is 10.4. The van der Waals surface area contributed by atoms with Gasteiger partial charge in [-0.25, -0.2) is 0 Å². The maximum atomic E-state index is 12.7. The van der Waals surface area contributed by atoms with E-state index in [0.29, 0.717) is 6.42 Å². The summed E-state index contributed by atoms with van der Waals surface area (Å²) in [5.41, 5.74) is 0.406. The molecule has 116 valence electrons. The molecule has 1 aliphatic heterocycles. The number of imide groups is 1. The lowest BCUT2D eigenvalue weighted by Crippen LogP contribution is -2.50. The van der Waals surface area contributed by atoms with Gasteiger partial charge in [0.2, 0.25) is 11.8 Å². The normalized spacial score (nSPS) is 30.0. The van der Waals surface area contributed by atoms with Crippen molar-refractivity contribution in [3.05, 3.63) is 29.6 Å². The summed E-state index contributed by atoms with van der Waals surface area (Å²) < 4.78 is 5.23. The number of carbonyl (C=O) groups is 3. The molecule has 3 atom stereocenters. The quantitative estimate of drug-likeness (QED) is 0.593. The molecule has 1 fully saturated rings. The first-order valence-corrected chi connectivity index (χ1v) is 7.34. The lowest BCUT2D eigenvalue weighted by Gasteiger charge is -2.39. The Kier molecular flexibility index (Phi) is 3.27. The number of amides is 2. The van der Waals surface area contributed by atoms with E-state index >= 15 is 0 Å². The number of pyridine rings is 1. The molecule has 22 heavy (non-hydrogen) atoms. The lowest BCUT2D eigenvalue weighted by atomic mass is 9.61. The van der Waals surface area contributed by atoms with Crippen LogP contribution in [-0.4, -0.2) is 41.3 Å². The fraction of sp³-hybridized carbons (Fsp3) is 0.500. The van der Waals surface area contributed by atoms with Crippen LogP contribution >= 0.6 is 0 Å². The highest BCUT2D eigenvalue weighted by atomic mass is 16.5. The van der Waals surface area contributed by atoms with E-state index < -0.39 is 23.2 Å². The van der Waals surface area contributed by atoms with Crippen LogP contribution in [0.1, 0.15) is 25.0 Å². The number of hydrogen-bond acceptors (Lipinski definition) is 5. The molecule has 1 saturated heterocycles. The average molecular weight is 302 g/mol. The molecular formula is C16H18N2O4. The van der Waals surface area contributed by atoms with E-state index in [2.05, 4.69) is 4.98 Å². The molecule has 0 N–H and O–H groups in total. The molecule has 2 heterocycles. The van der Waals surface area contributed by atoms with Gasteiger partial charge in [0.15, 0.2) is 0 Å². The molecule has 2 aliphatic rings. The summed E-state index contributed by atoms with van der Waals surface area (Å²) in [6.45, 7) is 3.65. The Labute approximate surface area is 128 Å². The molecular weight excluding hydrogens is 284 g/mol. The summed E-state index contributed by atoms with van der Waals surface area (Å²) in [7, 11) is 1.47. The summed E-state index contributed by atoms with van der Waals surface area (Å²) in [4.78, 5) is 42.8. The number of fused-ring (bicyclic) bond motifs is 2. The van der Waals surface area contributed by atoms with Gasteiger partial charge in [-0.2, -0.15) is 0 Å². The smallest absolute Gasteiger partial charge is 0.317 e. The van der Waals surface area contributed by atoms with E-state index in [-0.39, 0.29) is 18.4 Å². The maximum absolute atomic E-state index is 12.7. The Morgan fingerprint density at radius 1 is 1.45 bits per heavy atom. The van der Waals surface area contributed by atoms with Gasteiger partial charge in [-0.3, -0.25) is 24.3 Å². The van der Waals surface area contributed by atoms with Gasteiger partial charge < -0.3 is 4.74 Å². The number of nitrogens with zero attached hydrogens (tertiary/aromatic N) is 2. The molecule has 0 radical (unpaired) electrons. The van der Waals surface area contributed by atoms with Crippen LogP contribution in [0.4, 0.5) is 0 Å². The molecule has 1 aromatic heterocycles. The molecule has 0 spiro atoms. The van der Waals surface area contributed by atoms with E-state index in [4.69, 9.17) is 4.74 Å². The maximum Gasteiger partial charge on any atom is 0.317 e. The van der Waals surface area contributed by atoms with Crippen LogP contribution in [-0.2, 0) is 31.0 Å². The van der Waals surface area contributed by atoms with Crippen LogP contribution in [0, 0.1) is 11.8 Å². The van der Waals surface area contributed by atoms with Crippen LogP contribution in [0.5, 0.6) is 0 Å². The molecule has 0 aromatic carbocycles. The predicted octanol–water partition coefficient (Wildman–Crippen LogP) is 0.690. The Hall–Kier alpha value is -2.24. The third-order valence-corrected chi connectivity index (χ3v) is 4.87. The van der Waals surface area contributed by atoms with Crippen molar-refractivity contribution in [2.75, 3.05) is 13.7 Å². The van der Waals surface area contributed by atoms with E-state index in [1.54, 1.807) is 32.3 Å². The van der Waals surface area contributed by atoms with Crippen molar-refractivity contribution in [2.45, 2.75) is 25.7 Å². The molecule has 0 unspecified atom stereocenters. The first kappa shape index (κ1) is 14.7. The Morgan fingerprint density at radius 2 is 2.18 bits per heavy atom. The van der Waals surface area contributed by atoms with Crippen molar-refractivity contribution in [2.24, 2.45) is 11.8 Å². The van der Waals surface area contributed by atoms with Gasteiger partial charge in [0.1, 0.15) is 5.41 Å². The highest BCUT2D eigenvalue weighted by Gasteiger charge is 2.61. The largest absolute Gasteiger partial charge is 0.465 e. The van der Waals surface area contributed by atoms with Gasteiger partial charge in [0.25, 0.3) is 0 Å². The summed E-state index contributed by atoms with van der Waals surface area (Å²) in [6, 6.07) is 1.75. The second-order valence-electron chi connectivity index (χ2n) is 5.98. The van der Waals surface area contributed by atoms with Crippen molar-refractivity contribution in [1.29, 1.82) is 0 Å².